The lowest BCUT2D eigenvalue weighted by atomic mass is 9.30. The molecular weight excluding hydrogens is 448 g/mol. The highest BCUT2D eigenvalue weighted by Gasteiger charge is 2.72. The highest BCUT2D eigenvalue weighted by Crippen LogP contribution is 2.78. The second kappa shape index (κ2) is 7.73. The maximum atomic E-state index is 14.7. The first-order chi connectivity index (χ1) is 17.4. The number of hydrogen-bond donors (Lipinski definition) is 0. The van der Waals surface area contributed by atoms with Crippen LogP contribution in [0.25, 0.3) is 0 Å². The van der Waals surface area contributed by atoms with E-state index in [1.165, 1.54) is 44.1 Å². The Hall–Kier alpha value is -1.63. The molecule has 0 heterocycles. The first kappa shape index (κ1) is 25.6. The Morgan fingerprint density at radius 1 is 0.865 bits per heavy atom. The lowest BCUT2D eigenvalue weighted by Crippen LogP contribution is -2.67. The minimum atomic E-state index is -0.211. The molecule has 0 aromatic rings. The van der Waals surface area contributed by atoms with Crippen molar-refractivity contribution in [2.75, 3.05) is 0 Å². The van der Waals surface area contributed by atoms with Crippen molar-refractivity contribution in [3.05, 3.63) is 61.3 Å². The summed E-state index contributed by atoms with van der Waals surface area (Å²) in [6, 6.07) is 0. The van der Waals surface area contributed by atoms with Gasteiger partial charge in [-0.1, -0.05) is 70.1 Å². The number of carbonyl (C=O) groups excluding carboxylic acids is 1. The van der Waals surface area contributed by atoms with Gasteiger partial charge < -0.3 is 0 Å². The molecule has 200 valence electrons. The van der Waals surface area contributed by atoms with E-state index in [1.54, 1.807) is 5.57 Å². The molecule has 37 heavy (non-hydrogen) atoms. The third kappa shape index (κ3) is 2.85. The molecule has 1 heteroatoms. The van der Waals surface area contributed by atoms with E-state index in [9.17, 15) is 4.79 Å². The fourth-order valence-corrected chi connectivity index (χ4v) is 12.0. The van der Waals surface area contributed by atoms with E-state index in [4.69, 9.17) is 0 Å². The van der Waals surface area contributed by atoms with Crippen molar-refractivity contribution in [3.63, 3.8) is 0 Å². The van der Waals surface area contributed by atoms with Gasteiger partial charge >= 0.3 is 0 Å². The van der Waals surface area contributed by atoms with Crippen LogP contribution in [0.1, 0.15) is 98.8 Å². The Morgan fingerprint density at radius 2 is 1.59 bits per heavy atom. The zero-order chi connectivity index (χ0) is 26.6. The van der Waals surface area contributed by atoms with Crippen molar-refractivity contribution in [1.29, 1.82) is 0 Å². The van der Waals surface area contributed by atoms with Gasteiger partial charge in [0, 0.05) is 16.7 Å². The highest BCUT2D eigenvalue weighted by atomic mass is 16.1. The van der Waals surface area contributed by atoms with Crippen LogP contribution in [0, 0.1) is 56.2 Å². The topological polar surface area (TPSA) is 17.1 Å². The quantitative estimate of drug-likeness (QED) is 0.353. The molecule has 0 saturated heterocycles. The Kier molecular flexibility index (Phi) is 5.36. The number of allylic oxidation sites excluding steroid dienone is 7. The van der Waals surface area contributed by atoms with Gasteiger partial charge in [0.2, 0.25) is 0 Å². The van der Waals surface area contributed by atoms with Gasteiger partial charge in [-0.15, -0.1) is 19.7 Å². The monoisotopic (exact) mass is 498 g/mol. The molecule has 0 N–H and O–H groups in total. The molecule has 0 unspecified atom stereocenters. The first-order valence-corrected chi connectivity index (χ1v) is 15.3. The van der Waals surface area contributed by atoms with E-state index >= 15 is 0 Å². The largest absolute Gasteiger partial charge is 0.294 e. The van der Waals surface area contributed by atoms with E-state index in [-0.39, 0.29) is 38.4 Å². The van der Waals surface area contributed by atoms with Crippen LogP contribution in [-0.2, 0) is 4.79 Å². The molecule has 4 saturated carbocycles. The van der Waals surface area contributed by atoms with Gasteiger partial charge in [0.1, 0.15) is 0 Å². The highest BCUT2D eigenvalue weighted by molar-refractivity contribution is 5.96. The van der Waals surface area contributed by atoms with Crippen molar-refractivity contribution >= 4 is 5.78 Å². The number of fused-ring (bicyclic) bond motifs is 7. The van der Waals surface area contributed by atoms with E-state index in [1.807, 2.05) is 0 Å². The van der Waals surface area contributed by atoms with Gasteiger partial charge in [0.15, 0.2) is 5.78 Å². The molecule has 0 radical (unpaired) electrons. The van der Waals surface area contributed by atoms with Crippen LogP contribution < -0.4 is 0 Å². The zero-order valence-electron chi connectivity index (χ0n) is 24.3. The predicted octanol–water partition coefficient (Wildman–Crippen LogP) is 9.43. The van der Waals surface area contributed by atoms with Gasteiger partial charge in [0.05, 0.1) is 0 Å². The Balaban J connectivity index is 1.53. The SMILES string of the molecule is C=C[C@]12CC[C@H](C3=CC3)C(C)(C)[C@@H]1CC[C@]1(C=C)[C@@H]2C(=O)C=C2[C@]3(C)C[C@@H](C)CC[C@]3(C=C)CC[C@]21C. The van der Waals surface area contributed by atoms with Crippen LogP contribution in [0.2, 0.25) is 0 Å². The molecule has 1 nitrogen and oxygen atoms in total. The maximum absolute atomic E-state index is 14.7. The normalized spacial score (nSPS) is 51.8. The van der Waals surface area contributed by atoms with E-state index in [0.29, 0.717) is 23.5 Å². The number of hydrogen-bond acceptors (Lipinski definition) is 1. The van der Waals surface area contributed by atoms with Crippen LogP contribution in [0.5, 0.6) is 0 Å². The Labute approximate surface area is 226 Å². The molecule has 0 spiro atoms. The van der Waals surface area contributed by atoms with Gasteiger partial charge in [0.25, 0.3) is 0 Å². The van der Waals surface area contributed by atoms with Crippen molar-refractivity contribution in [2.24, 2.45) is 56.2 Å². The van der Waals surface area contributed by atoms with E-state index in [2.05, 4.69) is 84.7 Å². The first-order valence-electron chi connectivity index (χ1n) is 15.3. The second-order valence-electron chi connectivity index (χ2n) is 15.3. The molecule has 0 aliphatic heterocycles. The standard InChI is InChI=1S/C36H50O/c1-9-34-17-14-24(4)23-33(34,8)29-22-27(37)30-35(10-2)18-15-26(25-12-13-25)31(5,6)28(35)16-19-36(30,11-3)32(29,7)20-21-34/h9-12,22,24,26,28,30H,1-3,13-21,23H2,4-8H3/t24-,26+,28-,30+,32+,33-,34+,35-,36+/m0/s1. The Morgan fingerprint density at radius 3 is 2.22 bits per heavy atom. The summed E-state index contributed by atoms with van der Waals surface area (Å²) < 4.78 is 0. The van der Waals surface area contributed by atoms with Crippen molar-refractivity contribution in [2.45, 2.75) is 98.8 Å². The van der Waals surface area contributed by atoms with Crippen LogP contribution >= 0.6 is 0 Å². The third-order valence-electron chi connectivity index (χ3n) is 14.0. The summed E-state index contributed by atoms with van der Waals surface area (Å²) >= 11 is 0. The molecule has 0 amide bonds. The fourth-order valence-electron chi connectivity index (χ4n) is 12.0. The summed E-state index contributed by atoms with van der Waals surface area (Å²) in [7, 11) is 0. The summed E-state index contributed by atoms with van der Waals surface area (Å²) in [6.07, 6.45) is 23.1. The fraction of sp³-hybridized carbons (Fsp3) is 0.694. The number of ketones is 1. The molecule has 9 atom stereocenters. The van der Waals surface area contributed by atoms with Crippen LogP contribution in [-0.4, -0.2) is 5.78 Å². The second-order valence-corrected chi connectivity index (χ2v) is 15.3. The van der Waals surface area contributed by atoms with Crippen LogP contribution in [0.15, 0.2) is 61.3 Å². The van der Waals surface area contributed by atoms with Gasteiger partial charge in [-0.25, -0.2) is 0 Å². The van der Waals surface area contributed by atoms with Gasteiger partial charge in [-0.3, -0.25) is 4.79 Å². The average molecular weight is 499 g/mol. The molecule has 0 aromatic carbocycles. The minimum Gasteiger partial charge on any atom is -0.294 e. The van der Waals surface area contributed by atoms with E-state index in [0.717, 1.165) is 25.7 Å². The number of rotatable bonds is 4. The molecule has 6 rings (SSSR count). The van der Waals surface area contributed by atoms with Crippen molar-refractivity contribution in [3.8, 4) is 0 Å². The molecule has 4 fully saturated rings. The third-order valence-corrected chi connectivity index (χ3v) is 14.0. The summed E-state index contributed by atoms with van der Waals surface area (Å²) in [5.74, 6) is 2.15. The van der Waals surface area contributed by atoms with Crippen molar-refractivity contribution < 1.29 is 4.79 Å². The summed E-state index contributed by atoms with van der Waals surface area (Å²) in [6.45, 7) is 25.9. The summed E-state index contributed by atoms with van der Waals surface area (Å²) in [5.41, 5.74) is 2.97. The maximum Gasteiger partial charge on any atom is 0.160 e. The Bertz CT molecular complexity index is 1130. The van der Waals surface area contributed by atoms with E-state index < -0.39 is 0 Å². The smallest absolute Gasteiger partial charge is 0.160 e. The lowest BCUT2D eigenvalue weighted by Gasteiger charge is -2.72. The molecule has 0 bridgehead atoms. The molecular formula is C36H50O. The van der Waals surface area contributed by atoms with Crippen LogP contribution in [0.4, 0.5) is 0 Å². The average Bonchev–Trinajstić information content (AvgIpc) is 3.70. The van der Waals surface area contributed by atoms with Gasteiger partial charge in [-0.2, -0.15) is 0 Å². The lowest BCUT2D eigenvalue weighted by molar-refractivity contribution is -0.176. The zero-order valence-corrected chi connectivity index (χ0v) is 24.3. The molecule has 6 aliphatic carbocycles. The van der Waals surface area contributed by atoms with Crippen molar-refractivity contribution in [1.82, 2.24) is 0 Å². The number of carbonyl (C=O) groups is 1. The summed E-state index contributed by atoms with van der Waals surface area (Å²) in [4.78, 5) is 14.7. The predicted molar refractivity (Wildman–Crippen MR) is 155 cm³/mol. The minimum absolute atomic E-state index is 0.0103. The van der Waals surface area contributed by atoms with Crippen LogP contribution in [0.3, 0.4) is 0 Å². The van der Waals surface area contributed by atoms with Gasteiger partial charge in [-0.05, 0) is 110 Å². The summed E-state index contributed by atoms with van der Waals surface area (Å²) in [5, 5.41) is 0. The molecule has 6 aliphatic rings. The molecule has 0 aromatic heterocycles.